The van der Waals surface area contributed by atoms with Crippen molar-refractivity contribution in [3.63, 3.8) is 0 Å². The van der Waals surface area contributed by atoms with E-state index in [9.17, 15) is 9.59 Å². The topological polar surface area (TPSA) is 59.1 Å². The molecule has 0 saturated carbocycles. The van der Waals surface area contributed by atoms with Crippen molar-refractivity contribution in [2.75, 3.05) is 0 Å². The largest absolute Gasteiger partial charge is 0.346 e. The molecule has 4 heteroatoms. The third kappa shape index (κ3) is 5.61. The molecule has 0 saturated heterocycles. The Hall–Kier alpha value is -2.49. The Kier molecular flexibility index (Phi) is 5.50. The van der Waals surface area contributed by atoms with Crippen molar-refractivity contribution >= 4 is 11.7 Å². The average Bonchev–Trinajstić information content (AvgIpc) is 2.48. The Morgan fingerprint density at radius 1 is 1.00 bits per heavy atom. The molecule has 0 aliphatic heterocycles. The van der Waals surface area contributed by atoms with Crippen LogP contribution in [-0.2, 0) is 17.6 Å². The summed E-state index contributed by atoms with van der Waals surface area (Å²) in [6, 6.07) is 11.4. The number of carbonyl (C=O) groups excluding carboxylic acids is 2. The molecule has 1 heterocycles. The highest BCUT2D eigenvalue weighted by atomic mass is 16.2. The molecule has 2 aromatic rings. The van der Waals surface area contributed by atoms with E-state index in [4.69, 9.17) is 0 Å². The second kappa shape index (κ2) is 7.39. The monoisotopic (exact) mass is 324 g/mol. The molecule has 0 bridgehead atoms. The number of hydrogen-bond acceptors (Lipinski definition) is 3. The molecule has 24 heavy (non-hydrogen) atoms. The van der Waals surface area contributed by atoms with Gasteiger partial charge in [0.1, 0.15) is 11.5 Å². The van der Waals surface area contributed by atoms with Gasteiger partial charge in [-0.25, -0.2) is 0 Å². The van der Waals surface area contributed by atoms with E-state index in [-0.39, 0.29) is 17.2 Å². The number of aryl methyl sites for hydroxylation is 1. The van der Waals surface area contributed by atoms with Gasteiger partial charge in [0.05, 0.1) is 0 Å². The lowest BCUT2D eigenvalue weighted by atomic mass is 10.0. The van der Waals surface area contributed by atoms with E-state index in [0.29, 0.717) is 18.5 Å². The maximum Gasteiger partial charge on any atom is 0.270 e. The number of carbonyl (C=O) groups is 2. The first-order valence-electron chi connectivity index (χ1n) is 8.07. The van der Waals surface area contributed by atoms with Crippen LogP contribution in [0.25, 0.3) is 0 Å². The quantitative estimate of drug-likeness (QED) is 0.918. The Morgan fingerprint density at radius 2 is 1.62 bits per heavy atom. The zero-order chi connectivity index (χ0) is 17.7. The molecule has 0 spiro atoms. The van der Waals surface area contributed by atoms with Gasteiger partial charge >= 0.3 is 0 Å². The number of benzene rings is 1. The van der Waals surface area contributed by atoms with Gasteiger partial charge in [-0.2, -0.15) is 0 Å². The standard InChI is InChI=1S/C20H24N2O2/c1-14-5-7-15(8-6-14)11-17(23)12-16-9-10-21-18(13-16)19(24)22-20(2,3)4/h5-10,13H,11-12H2,1-4H3,(H,22,24). The summed E-state index contributed by atoms with van der Waals surface area (Å²) in [5.74, 6) is -0.109. The lowest BCUT2D eigenvalue weighted by molar-refractivity contribution is -0.117. The van der Waals surface area contributed by atoms with Crippen LogP contribution in [0.15, 0.2) is 42.6 Å². The Labute approximate surface area is 143 Å². The van der Waals surface area contributed by atoms with Crippen LogP contribution in [-0.4, -0.2) is 22.2 Å². The van der Waals surface area contributed by atoms with Crippen molar-refractivity contribution in [3.05, 3.63) is 65.0 Å². The molecule has 0 atom stereocenters. The summed E-state index contributed by atoms with van der Waals surface area (Å²) in [4.78, 5) is 28.5. The normalized spacial score (nSPS) is 11.2. The molecule has 1 amide bonds. The summed E-state index contributed by atoms with van der Waals surface area (Å²) >= 11 is 0. The van der Waals surface area contributed by atoms with E-state index in [0.717, 1.165) is 11.1 Å². The average molecular weight is 324 g/mol. The third-order valence-corrected chi connectivity index (χ3v) is 3.47. The molecular formula is C20H24N2O2. The van der Waals surface area contributed by atoms with Crippen LogP contribution >= 0.6 is 0 Å². The van der Waals surface area contributed by atoms with Crippen molar-refractivity contribution in [2.45, 2.75) is 46.1 Å². The summed E-state index contributed by atoms with van der Waals surface area (Å²) in [6.07, 6.45) is 2.27. The number of rotatable bonds is 5. The SMILES string of the molecule is Cc1ccc(CC(=O)Cc2ccnc(C(=O)NC(C)(C)C)c2)cc1. The van der Waals surface area contributed by atoms with Crippen LogP contribution in [0.1, 0.15) is 48.0 Å². The molecule has 4 nitrogen and oxygen atoms in total. The van der Waals surface area contributed by atoms with Crippen LogP contribution < -0.4 is 5.32 Å². The molecule has 126 valence electrons. The lowest BCUT2D eigenvalue weighted by Crippen LogP contribution is -2.40. The second-order valence-corrected chi connectivity index (χ2v) is 7.13. The minimum absolute atomic E-state index is 0.118. The summed E-state index contributed by atoms with van der Waals surface area (Å²) in [5.41, 5.74) is 3.00. The van der Waals surface area contributed by atoms with Crippen molar-refractivity contribution in [3.8, 4) is 0 Å². The van der Waals surface area contributed by atoms with Crippen molar-refractivity contribution in [1.82, 2.24) is 10.3 Å². The minimum atomic E-state index is -0.323. The zero-order valence-electron chi connectivity index (χ0n) is 14.7. The van der Waals surface area contributed by atoms with E-state index in [1.165, 1.54) is 5.56 Å². The van der Waals surface area contributed by atoms with E-state index in [2.05, 4.69) is 10.3 Å². The van der Waals surface area contributed by atoms with Crippen LogP contribution in [0.2, 0.25) is 0 Å². The maximum absolute atomic E-state index is 12.3. The predicted octanol–water partition coefficient (Wildman–Crippen LogP) is 3.27. The van der Waals surface area contributed by atoms with Gasteiger partial charge in [0, 0.05) is 24.6 Å². The number of ketones is 1. The number of hydrogen-bond donors (Lipinski definition) is 1. The van der Waals surface area contributed by atoms with E-state index < -0.39 is 0 Å². The van der Waals surface area contributed by atoms with E-state index in [1.54, 1.807) is 18.3 Å². The Bertz CT molecular complexity index is 728. The van der Waals surface area contributed by atoms with Crippen LogP contribution in [0.4, 0.5) is 0 Å². The number of Topliss-reactive ketones (excluding diaryl/α,β-unsaturated/α-hetero) is 1. The fourth-order valence-electron chi connectivity index (χ4n) is 2.34. The van der Waals surface area contributed by atoms with Gasteiger partial charge in [-0.1, -0.05) is 29.8 Å². The van der Waals surface area contributed by atoms with Crippen LogP contribution in [0, 0.1) is 6.92 Å². The molecule has 0 aliphatic rings. The Balaban J connectivity index is 2.02. The summed E-state index contributed by atoms with van der Waals surface area (Å²) in [6.45, 7) is 7.77. The summed E-state index contributed by atoms with van der Waals surface area (Å²) in [7, 11) is 0. The highest BCUT2D eigenvalue weighted by Gasteiger charge is 2.17. The maximum atomic E-state index is 12.3. The molecule has 2 rings (SSSR count). The lowest BCUT2D eigenvalue weighted by Gasteiger charge is -2.20. The first kappa shape index (κ1) is 17.9. The molecule has 0 unspecified atom stereocenters. The molecule has 0 radical (unpaired) electrons. The molecular weight excluding hydrogens is 300 g/mol. The molecule has 1 N–H and O–H groups in total. The second-order valence-electron chi connectivity index (χ2n) is 7.13. The highest BCUT2D eigenvalue weighted by Crippen LogP contribution is 2.09. The van der Waals surface area contributed by atoms with E-state index in [1.807, 2.05) is 52.0 Å². The van der Waals surface area contributed by atoms with Crippen molar-refractivity contribution < 1.29 is 9.59 Å². The Morgan fingerprint density at radius 3 is 2.25 bits per heavy atom. The highest BCUT2D eigenvalue weighted by molar-refractivity contribution is 5.93. The van der Waals surface area contributed by atoms with Gasteiger partial charge in [0.25, 0.3) is 5.91 Å². The predicted molar refractivity (Wildman–Crippen MR) is 95.1 cm³/mol. The first-order chi connectivity index (χ1) is 11.2. The van der Waals surface area contributed by atoms with Gasteiger partial charge in [-0.3, -0.25) is 14.6 Å². The number of nitrogens with zero attached hydrogens (tertiary/aromatic N) is 1. The fraction of sp³-hybridized carbons (Fsp3) is 0.350. The van der Waals surface area contributed by atoms with E-state index >= 15 is 0 Å². The fourth-order valence-corrected chi connectivity index (χ4v) is 2.34. The van der Waals surface area contributed by atoms with Gasteiger partial charge in [-0.15, -0.1) is 0 Å². The molecule has 0 fully saturated rings. The van der Waals surface area contributed by atoms with Crippen LogP contribution in [0.3, 0.4) is 0 Å². The molecule has 0 aliphatic carbocycles. The third-order valence-electron chi connectivity index (χ3n) is 3.47. The van der Waals surface area contributed by atoms with Crippen LogP contribution in [0.5, 0.6) is 0 Å². The zero-order valence-corrected chi connectivity index (χ0v) is 14.7. The smallest absolute Gasteiger partial charge is 0.270 e. The first-order valence-corrected chi connectivity index (χ1v) is 8.07. The summed E-state index contributed by atoms with van der Waals surface area (Å²) < 4.78 is 0. The number of amides is 1. The van der Waals surface area contributed by atoms with Gasteiger partial charge in [-0.05, 0) is 51.0 Å². The number of pyridine rings is 1. The number of nitrogens with one attached hydrogen (secondary N) is 1. The van der Waals surface area contributed by atoms with Gasteiger partial charge in [0.2, 0.25) is 0 Å². The number of aromatic nitrogens is 1. The van der Waals surface area contributed by atoms with Crippen molar-refractivity contribution in [1.29, 1.82) is 0 Å². The molecule has 1 aromatic carbocycles. The summed E-state index contributed by atoms with van der Waals surface area (Å²) in [5, 5.41) is 2.87. The van der Waals surface area contributed by atoms with Gasteiger partial charge < -0.3 is 5.32 Å². The van der Waals surface area contributed by atoms with Crippen molar-refractivity contribution in [2.24, 2.45) is 0 Å². The van der Waals surface area contributed by atoms with Gasteiger partial charge in [0.15, 0.2) is 0 Å². The minimum Gasteiger partial charge on any atom is -0.346 e. The molecule has 1 aromatic heterocycles.